The molecular formula is C32H34ClN3O6. The molecule has 42 heavy (non-hydrogen) atoms. The van der Waals surface area contributed by atoms with Gasteiger partial charge in [-0.3, -0.25) is 14.4 Å². The van der Waals surface area contributed by atoms with Gasteiger partial charge in [0.25, 0.3) is 5.91 Å². The van der Waals surface area contributed by atoms with Gasteiger partial charge < -0.3 is 29.3 Å². The Morgan fingerprint density at radius 3 is 2.38 bits per heavy atom. The number of carbonyl (C=O) groups excluding carboxylic acids is 3. The number of para-hydroxylation sites is 1. The summed E-state index contributed by atoms with van der Waals surface area (Å²) in [6.07, 6.45) is 7.64. The quantitative estimate of drug-likeness (QED) is 0.494. The molecule has 2 fully saturated rings. The van der Waals surface area contributed by atoms with Gasteiger partial charge in [0.2, 0.25) is 11.8 Å². The lowest BCUT2D eigenvalue weighted by Gasteiger charge is -2.37. The van der Waals surface area contributed by atoms with E-state index >= 15 is 0 Å². The largest absolute Gasteiger partial charge is 0.494 e. The summed E-state index contributed by atoms with van der Waals surface area (Å²) >= 11 is 6.51. The zero-order valence-corrected chi connectivity index (χ0v) is 24.4. The van der Waals surface area contributed by atoms with Crippen LogP contribution in [0, 0.1) is 11.8 Å². The lowest BCUT2D eigenvalue weighted by molar-refractivity contribution is -0.144. The third kappa shape index (κ3) is 4.33. The molecule has 3 amide bonds. The number of ether oxygens (including phenoxy) is 2. The minimum atomic E-state index is -1.39. The normalized spacial score (nSPS) is 30.2. The fourth-order valence-corrected chi connectivity index (χ4v) is 7.25. The molecule has 6 rings (SSSR count). The molecule has 0 radical (unpaired) electrons. The average molecular weight is 592 g/mol. The van der Waals surface area contributed by atoms with Crippen LogP contribution in [0.15, 0.2) is 72.8 Å². The van der Waals surface area contributed by atoms with Crippen molar-refractivity contribution in [3.8, 4) is 5.75 Å². The van der Waals surface area contributed by atoms with Crippen molar-refractivity contribution in [1.82, 2.24) is 4.90 Å². The van der Waals surface area contributed by atoms with Crippen molar-refractivity contribution < 1.29 is 29.0 Å². The number of fused-ring (bicyclic) bond motifs is 2. The second kappa shape index (κ2) is 10.9. The van der Waals surface area contributed by atoms with E-state index in [0.29, 0.717) is 35.3 Å². The molecule has 2 saturated heterocycles. The summed E-state index contributed by atoms with van der Waals surface area (Å²) in [7, 11) is 0. The Balaban J connectivity index is 1.43. The molecule has 10 heteroatoms. The van der Waals surface area contributed by atoms with Gasteiger partial charge in [-0.15, -0.1) is 0 Å². The molecule has 5 atom stereocenters. The standard InChI is InChI=1S/C32H34ClN3O6/c1-3-41-22-13-11-21(12-14-22)34-17-6-15-31(2)25(28(34)38)26-29(39)36(19-8-20-37)27-30(40)35(18-7-16-32(26,27)42-31)24-10-5-4-9-23(24)33/h4-7,9-16,25-27,37H,3,8,17-20H2,1-2H3/t25-,26-,27?,31+,32-/m0/s1. The molecule has 1 unspecified atom stereocenters. The molecule has 2 aromatic rings. The lowest BCUT2D eigenvalue weighted by Crippen LogP contribution is -2.56. The first-order chi connectivity index (χ1) is 20.3. The van der Waals surface area contributed by atoms with Crippen LogP contribution in [0.1, 0.15) is 20.3 Å². The van der Waals surface area contributed by atoms with Gasteiger partial charge in [0.1, 0.15) is 17.4 Å². The summed E-state index contributed by atoms with van der Waals surface area (Å²) in [5, 5.41) is 10.1. The number of amides is 3. The number of carbonyl (C=O) groups is 3. The summed E-state index contributed by atoms with van der Waals surface area (Å²) < 4.78 is 12.4. The second-order valence-corrected chi connectivity index (χ2v) is 11.6. The summed E-state index contributed by atoms with van der Waals surface area (Å²) in [6, 6.07) is 13.3. The van der Waals surface area contributed by atoms with Crippen molar-refractivity contribution in [1.29, 1.82) is 0 Å². The van der Waals surface area contributed by atoms with Gasteiger partial charge in [0, 0.05) is 31.9 Å². The molecule has 220 valence electrons. The molecule has 4 aliphatic rings. The first kappa shape index (κ1) is 28.5. The number of benzene rings is 2. The first-order valence-electron chi connectivity index (χ1n) is 14.3. The summed E-state index contributed by atoms with van der Waals surface area (Å²) in [6.45, 7) is 4.78. The molecule has 9 nitrogen and oxygen atoms in total. The van der Waals surface area contributed by atoms with Crippen molar-refractivity contribution in [2.45, 2.75) is 37.5 Å². The van der Waals surface area contributed by atoms with Crippen LogP contribution in [0.25, 0.3) is 0 Å². The summed E-state index contributed by atoms with van der Waals surface area (Å²) in [4.78, 5) is 47.9. The van der Waals surface area contributed by atoms with E-state index in [4.69, 9.17) is 21.1 Å². The SMILES string of the molecule is CCOc1ccc(N2CC=C[C@@]3(C)O[C@]45C=CCN(c6ccccc6Cl)C(=O)C4N(CCCO)C(=O)[C@@H]5[C@H]3C2=O)cc1. The number of aliphatic hydroxyl groups is 1. The van der Waals surface area contributed by atoms with E-state index in [9.17, 15) is 19.5 Å². The van der Waals surface area contributed by atoms with Crippen LogP contribution in [-0.4, -0.2) is 77.8 Å². The van der Waals surface area contributed by atoms with Gasteiger partial charge in [-0.1, -0.05) is 48.0 Å². The Labute approximate surface area is 249 Å². The number of hydrogen-bond acceptors (Lipinski definition) is 6. The Kier molecular flexibility index (Phi) is 7.37. The molecule has 4 heterocycles. The number of hydrogen-bond donors (Lipinski definition) is 1. The van der Waals surface area contributed by atoms with Gasteiger partial charge in [0.15, 0.2) is 0 Å². The Morgan fingerprint density at radius 2 is 1.67 bits per heavy atom. The smallest absolute Gasteiger partial charge is 0.253 e. The zero-order chi connectivity index (χ0) is 29.6. The fourth-order valence-electron chi connectivity index (χ4n) is 7.01. The lowest BCUT2D eigenvalue weighted by atomic mass is 9.74. The molecule has 0 bridgehead atoms. The second-order valence-electron chi connectivity index (χ2n) is 11.2. The highest BCUT2D eigenvalue weighted by atomic mass is 35.5. The molecule has 0 aromatic heterocycles. The minimum Gasteiger partial charge on any atom is -0.494 e. The highest BCUT2D eigenvalue weighted by Crippen LogP contribution is 2.57. The van der Waals surface area contributed by atoms with E-state index in [-0.39, 0.29) is 43.8 Å². The Morgan fingerprint density at radius 1 is 0.952 bits per heavy atom. The van der Waals surface area contributed by atoms with Crippen LogP contribution in [-0.2, 0) is 19.1 Å². The highest BCUT2D eigenvalue weighted by molar-refractivity contribution is 6.34. The molecule has 0 saturated carbocycles. The van der Waals surface area contributed by atoms with E-state index in [2.05, 4.69) is 0 Å². The number of aliphatic hydroxyl groups excluding tert-OH is 1. The highest BCUT2D eigenvalue weighted by Gasteiger charge is 2.74. The molecule has 1 N–H and O–H groups in total. The van der Waals surface area contributed by atoms with E-state index in [1.807, 2.05) is 56.3 Å². The number of halogens is 1. The minimum absolute atomic E-state index is 0.146. The van der Waals surface area contributed by atoms with Gasteiger partial charge >= 0.3 is 0 Å². The predicted octanol–water partition coefficient (Wildman–Crippen LogP) is 3.60. The zero-order valence-electron chi connectivity index (χ0n) is 23.6. The van der Waals surface area contributed by atoms with Crippen molar-refractivity contribution in [2.24, 2.45) is 11.8 Å². The maximum absolute atomic E-state index is 14.4. The van der Waals surface area contributed by atoms with E-state index in [1.165, 1.54) is 4.90 Å². The third-order valence-corrected chi connectivity index (χ3v) is 9.04. The third-order valence-electron chi connectivity index (χ3n) is 8.72. The molecule has 1 spiro atoms. The first-order valence-corrected chi connectivity index (χ1v) is 14.7. The van der Waals surface area contributed by atoms with E-state index < -0.39 is 29.1 Å². The van der Waals surface area contributed by atoms with Crippen LogP contribution in [0.2, 0.25) is 5.02 Å². The van der Waals surface area contributed by atoms with Crippen molar-refractivity contribution >= 4 is 40.7 Å². The molecule has 0 aliphatic carbocycles. The maximum atomic E-state index is 14.4. The average Bonchev–Trinajstić information content (AvgIpc) is 3.24. The van der Waals surface area contributed by atoms with Crippen molar-refractivity contribution in [3.63, 3.8) is 0 Å². The summed E-state index contributed by atoms with van der Waals surface area (Å²) in [5.41, 5.74) is -1.32. The molecular weight excluding hydrogens is 558 g/mol. The fraction of sp³-hybridized carbons (Fsp3) is 0.406. The van der Waals surface area contributed by atoms with Gasteiger partial charge in [0.05, 0.1) is 34.8 Å². The van der Waals surface area contributed by atoms with Crippen LogP contribution in [0.5, 0.6) is 5.75 Å². The van der Waals surface area contributed by atoms with Crippen LogP contribution >= 0.6 is 11.6 Å². The number of nitrogens with zero attached hydrogens (tertiary/aromatic N) is 3. The number of rotatable bonds is 7. The van der Waals surface area contributed by atoms with Gasteiger partial charge in [-0.25, -0.2) is 0 Å². The van der Waals surface area contributed by atoms with Crippen molar-refractivity contribution in [2.75, 3.05) is 42.6 Å². The topological polar surface area (TPSA) is 99.6 Å². The van der Waals surface area contributed by atoms with Crippen molar-refractivity contribution in [3.05, 3.63) is 77.9 Å². The maximum Gasteiger partial charge on any atom is 0.253 e. The van der Waals surface area contributed by atoms with Gasteiger partial charge in [-0.2, -0.15) is 0 Å². The Hall–Kier alpha value is -3.66. The molecule has 4 aliphatic heterocycles. The van der Waals surface area contributed by atoms with Gasteiger partial charge in [-0.05, 0) is 56.7 Å². The Bertz CT molecular complexity index is 1460. The molecule has 2 aromatic carbocycles. The predicted molar refractivity (Wildman–Crippen MR) is 158 cm³/mol. The monoisotopic (exact) mass is 591 g/mol. The number of anilines is 2. The van der Waals surface area contributed by atoms with Crippen LogP contribution < -0.4 is 14.5 Å². The van der Waals surface area contributed by atoms with Crippen LogP contribution in [0.3, 0.4) is 0 Å². The van der Waals surface area contributed by atoms with E-state index in [1.54, 1.807) is 40.1 Å². The summed E-state index contributed by atoms with van der Waals surface area (Å²) in [5.74, 6) is -2.07. The van der Waals surface area contributed by atoms with Crippen LogP contribution in [0.4, 0.5) is 11.4 Å². The number of likely N-dealkylation sites (tertiary alicyclic amines) is 1. The van der Waals surface area contributed by atoms with E-state index in [0.717, 1.165) is 0 Å².